The highest BCUT2D eigenvalue weighted by molar-refractivity contribution is 7.86. The van der Waals surface area contributed by atoms with Crippen molar-refractivity contribution in [2.75, 3.05) is 6.61 Å². The van der Waals surface area contributed by atoms with Crippen LogP contribution in [-0.2, 0) is 16.5 Å². The van der Waals surface area contributed by atoms with E-state index in [1.807, 2.05) is 32.0 Å². The van der Waals surface area contributed by atoms with Crippen molar-refractivity contribution in [1.82, 2.24) is 0 Å². The molecule has 21 heavy (non-hydrogen) atoms. The molecular weight excluding hydrogens is 288 g/mol. The quantitative estimate of drug-likeness (QED) is 0.866. The van der Waals surface area contributed by atoms with Gasteiger partial charge >= 0.3 is 0 Å². The number of hydrogen-bond donors (Lipinski definition) is 1. The van der Waals surface area contributed by atoms with Crippen molar-refractivity contribution in [2.24, 2.45) is 0 Å². The zero-order valence-corrected chi connectivity index (χ0v) is 12.7. The first-order chi connectivity index (χ1) is 9.84. The lowest BCUT2D eigenvalue weighted by Gasteiger charge is -2.10. The van der Waals surface area contributed by atoms with Crippen LogP contribution in [-0.4, -0.2) is 19.6 Å². The highest BCUT2D eigenvalue weighted by atomic mass is 32.2. The standard InChI is InChI=1S/C16H16O4S/c1-10-5-11(2)7-13(6-10)14-8-12-3-4-20-16(12)15(9-14)21(17,18)19/h5-9H,3-4H2,1-2H3,(H,17,18,19). The Morgan fingerprint density at radius 2 is 1.62 bits per heavy atom. The number of ether oxygens (including phenoxy) is 1. The van der Waals surface area contributed by atoms with Crippen molar-refractivity contribution >= 4 is 10.1 Å². The molecule has 0 spiro atoms. The molecule has 0 bridgehead atoms. The highest BCUT2D eigenvalue weighted by Crippen LogP contribution is 2.37. The predicted molar refractivity (Wildman–Crippen MR) is 80.4 cm³/mol. The van der Waals surface area contributed by atoms with Gasteiger partial charge in [0.05, 0.1) is 6.61 Å². The van der Waals surface area contributed by atoms with Crippen LogP contribution in [0.2, 0.25) is 0 Å². The van der Waals surface area contributed by atoms with E-state index in [0.717, 1.165) is 27.8 Å². The zero-order chi connectivity index (χ0) is 15.2. The average molecular weight is 304 g/mol. The van der Waals surface area contributed by atoms with Crippen LogP contribution < -0.4 is 4.74 Å². The largest absolute Gasteiger partial charge is 0.491 e. The average Bonchev–Trinajstić information content (AvgIpc) is 2.82. The summed E-state index contributed by atoms with van der Waals surface area (Å²) in [6.07, 6.45) is 0.649. The Hall–Kier alpha value is -1.85. The zero-order valence-electron chi connectivity index (χ0n) is 11.9. The normalized spacial score (nSPS) is 13.9. The second kappa shape index (κ2) is 4.86. The third-order valence-electron chi connectivity index (χ3n) is 3.58. The van der Waals surface area contributed by atoms with Gasteiger partial charge in [-0.2, -0.15) is 8.42 Å². The van der Waals surface area contributed by atoms with Gasteiger partial charge in [0.1, 0.15) is 10.6 Å². The van der Waals surface area contributed by atoms with E-state index >= 15 is 0 Å². The number of fused-ring (bicyclic) bond motifs is 1. The van der Waals surface area contributed by atoms with E-state index < -0.39 is 10.1 Å². The van der Waals surface area contributed by atoms with Crippen LogP contribution in [0.3, 0.4) is 0 Å². The lowest BCUT2D eigenvalue weighted by atomic mass is 9.98. The van der Waals surface area contributed by atoms with Gasteiger partial charge in [0, 0.05) is 6.42 Å². The van der Waals surface area contributed by atoms with Gasteiger partial charge in [-0.05, 0) is 42.7 Å². The Balaban J connectivity index is 2.25. The van der Waals surface area contributed by atoms with Crippen molar-refractivity contribution in [1.29, 1.82) is 0 Å². The monoisotopic (exact) mass is 304 g/mol. The van der Waals surface area contributed by atoms with Crippen molar-refractivity contribution in [3.8, 4) is 16.9 Å². The van der Waals surface area contributed by atoms with Crippen molar-refractivity contribution < 1.29 is 17.7 Å². The van der Waals surface area contributed by atoms with Gasteiger partial charge in [0.2, 0.25) is 0 Å². The Morgan fingerprint density at radius 1 is 1.00 bits per heavy atom. The van der Waals surface area contributed by atoms with Crippen LogP contribution in [0.25, 0.3) is 11.1 Å². The Labute approximate surface area is 124 Å². The molecule has 0 radical (unpaired) electrons. The first-order valence-electron chi connectivity index (χ1n) is 6.70. The van der Waals surface area contributed by atoms with Gasteiger partial charge in [-0.15, -0.1) is 0 Å². The summed E-state index contributed by atoms with van der Waals surface area (Å²) in [6, 6.07) is 9.47. The maximum absolute atomic E-state index is 11.6. The molecule has 1 aliphatic rings. The van der Waals surface area contributed by atoms with Gasteiger partial charge in [-0.3, -0.25) is 4.55 Å². The van der Waals surface area contributed by atoms with Crippen LogP contribution in [0.1, 0.15) is 16.7 Å². The molecule has 5 heteroatoms. The van der Waals surface area contributed by atoms with Gasteiger partial charge in [0.15, 0.2) is 0 Å². The number of benzene rings is 2. The number of rotatable bonds is 2. The smallest absolute Gasteiger partial charge is 0.298 e. The molecule has 2 aromatic rings. The third kappa shape index (κ3) is 2.66. The van der Waals surface area contributed by atoms with Crippen LogP contribution in [0.5, 0.6) is 5.75 Å². The van der Waals surface area contributed by atoms with Gasteiger partial charge < -0.3 is 4.74 Å². The lowest BCUT2D eigenvalue weighted by molar-refractivity contribution is 0.346. The summed E-state index contributed by atoms with van der Waals surface area (Å²) >= 11 is 0. The fourth-order valence-electron chi connectivity index (χ4n) is 2.77. The summed E-state index contributed by atoms with van der Waals surface area (Å²) in [6.45, 7) is 4.43. The molecule has 0 saturated heterocycles. The minimum Gasteiger partial charge on any atom is -0.491 e. The minimum absolute atomic E-state index is 0.147. The molecule has 1 N–H and O–H groups in total. The van der Waals surface area contributed by atoms with Crippen LogP contribution >= 0.6 is 0 Å². The number of hydrogen-bond acceptors (Lipinski definition) is 3. The fourth-order valence-corrected chi connectivity index (χ4v) is 3.47. The van der Waals surface area contributed by atoms with Crippen LogP contribution in [0.15, 0.2) is 35.2 Å². The summed E-state index contributed by atoms with van der Waals surface area (Å²) in [5.41, 5.74) is 4.75. The van der Waals surface area contributed by atoms with Crippen LogP contribution in [0.4, 0.5) is 0 Å². The molecule has 2 aromatic carbocycles. The molecule has 4 nitrogen and oxygen atoms in total. The molecular formula is C16H16O4S. The number of aryl methyl sites for hydroxylation is 2. The SMILES string of the molecule is Cc1cc(C)cc(-c2cc3c(c(S(=O)(=O)O)c2)OCC3)c1. The summed E-state index contributed by atoms with van der Waals surface area (Å²) in [5, 5.41) is 0. The highest BCUT2D eigenvalue weighted by Gasteiger charge is 2.25. The Bertz CT molecular complexity index is 802. The topological polar surface area (TPSA) is 63.6 Å². The molecule has 1 aliphatic heterocycles. The van der Waals surface area contributed by atoms with E-state index in [1.54, 1.807) is 0 Å². The van der Waals surface area contributed by atoms with Crippen molar-refractivity contribution in [3.05, 3.63) is 47.0 Å². The van der Waals surface area contributed by atoms with Crippen molar-refractivity contribution in [3.63, 3.8) is 0 Å². The summed E-state index contributed by atoms with van der Waals surface area (Å²) in [4.78, 5) is -0.147. The predicted octanol–water partition coefficient (Wildman–Crippen LogP) is 3.15. The van der Waals surface area contributed by atoms with Gasteiger partial charge in [-0.25, -0.2) is 0 Å². The molecule has 1 heterocycles. The van der Waals surface area contributed by atoms with E-state index in [2.05, 4.69) is 6.07 Å². The summed E-state index contributed by atoms with van der Waals surface area (Å²) in [7, 11) is -4.30. The molecule has 0 unspecified atom stereocenters. The molecule has 0 saturated carbocycles. The second-order valence-corrected chi connectivity index (χ2v) is 6.80. The maximum Gasteiger partial charge on any atom is 0.298 e. The molecule has 0 amide bonds. The Morgan fingerprint density at radius 3 is 2.24 bits per heavy atom. The summed E-state index contributed by atoms with van der Waals surface area (Å²) in [5.74, 6) is 0.283. The molecule has 0 atom stereocenters. The minimum atomic E-state index is -4.30. The maximum atomic E-state index is 11.6. The first-order valence-corrected chi connectivity index (χ1v) is 8.14. The van der Waals surface area contributed by atoms with E-state index in [-0.39, 0.29) is 10.6 Å². The molecule has 0 aliphatic carbocycles. The van der Waals surface area contributed by atoms with Crippen molar-refractivity contribution in [2.45, 2.75) is 25.2 Å². The van der Waals surface area contributed by atoms with E-state index in [0.29, 0.717) is 13.0 Å². The molecule has 0 aromatic heterocycles. The second-order valence-electron chi connectivity index (χ2n) is 5.41. The van der Waals surface area contributed by atoms with E-state index in [4.69, 9.17) is 4.74 Å². The van der Waals surface area contributed by atoms with E-state index in [1.165, 1.54) is 6.07 Å². The van der Waals surface area contributed by atoms with Crippen LogP contribution in [0, 0.1) is 13.8 Å². The first kappa shape index (κ1) is 14.1. The molecule has 0 fully saturated rings. The van der Waals surface area contributed by atoms with E-state index in [9.17, 15) is 13.0 Å². The Kier molecular flexibility index (Phi) is 3.26. The molecule has 110 valence electrons. The third-order valence-corrected chi connectivity index (χ3v) is 4.44. The van der Waals surface area contributed by atoms with Gasteiger partial charge in [0.25, 0.3) is 10.1 Å². The fraction of sp³-hybridized carbons (Fsp3) is 0.250. The lowest BCUT2D eigenvalue weighted by Crippen LogP contribution is -2.01. The van der Waals surface area contributed by atoms with Gasteiger partial charge in [-0.1, -0.05) is 29.3 Å². The molecule has 3 rings (SSSR count). The summed E-state index contributed by atoms with van der Waals surface area (Å²) < 4.78 is 38.0.